The van der Waals surface area contributed by atoms with Crippen molar-refractivity contribution in [2.45, 2.75) is 45.1 Å². The van der Waals surface area contributed by atoms with Gasteiger partial charge in [-0.25, -0.2) is 4.39 Å². The minimum atomic E-state index is -0.116. The standard InChI is InChI=1S/C15H23FN2/c1-2-18(12-6-3-4-7-12)15-9-5-8-14(16)13(15)10-11-17/h5,8-9,12H,2-4,6-7,10-11,17H2,1H3. The summed E-state index contributed by atoms with van der Waals surface area (Å²) in [7, 11) is 0. The van der Waals surface area contributed by atoms with E-state index in [1.807, 2.05) is 12.1 Å². The molecule has 1 saturated carbocycles. The highest BCUT2D eigenvalue weighted by Gasteiger charge is 2.24. The maximum Gasteiger partial charge on any atom is 0.128 e. The van der Waals surface area contributed by atoms with Crippen molar-refractivity contribution in [3.05, 3.63) is 29.6 Å². The minimum absolute atomic E-state index is 0.116. The Hall–Kier alpha value is -1.09. The zero-order valence-corrected chi connectivity index (χ0v) is 11.2. The van der Waals surface area contributed by atoms with Crippen LogP contribution in [0.3, 0.4) is 0 Å². The Morgan fingerprint density at radius 1 is 1.33 bits per heavy atom. The van der Waals surface area contributed by atoms with Crippen LogP contribution in [0.15, 0.2) is 18.2 Å². The second-order valence-corrected chi connectivity index (χ2v) is 5.00. The monoisotopic (exact) mass is 250 g/mol. The molecular weight excluding hydrogens is 227 g/mol. The van der Waals surface area contributed by atoms with Crippen LogP contribution in [0, 0.1) is 5.82 Å². The molecule has 0 aliphatic heterocycles. The molecule has 2 rings (SSSR count). The van der Waals surface area contributed by atoms with E-state index in [1.165, 1.54) is 31.7 Å². The van der Waals surface area contributed by atoms with E-state index in [2.05, 4.69) is 11.8 Å². The van der Waals surface area contributed by atoms with E-state index in [9.17, 15) is 4.39 Å². The summed E-state index contributed by atoms with van der Waals surface area (Å²) in [5, 5.41) is 0. The lowest BCUT2D eigenvalue weighted by molar-refractivity contribution is 0.591. The third-order valence-electron chi connectivity index (χ3n) is 3.90. The lowest BCUT2D eigenvalue weighted by atomic mass is 10.1. The van der Waals surface area contributed by atoms with Crippen molar-refractivity contribution in [3.8, 4) is 0 Å². The second kappa shape index (κ2) is 6.19. The predicted octanol–water partition coefficient (Wildman–Crippen LogP) is 3.10. The van der Waals surface area contributed by atoms with Crippen LogP contribution in [0.2, 0.25) is 0 Å². The van der Waals surface area contributed by atoms with Crippen LogP contribution < -0.4 is 10.6 Å². The van der Waals surface area contributed by atoms with Gasteiger partial charge in [-0.3, -0.25) is 0 Å². The zero-order valence-electron chi connectivity index (χ0n) is 11.2. The first kappa shape index (κ1) is 13.3. The van der Waals surface area contributed by atoms with E-state index in [0.717, 1.165) is 17.8 Å². The molecular formula is C15H23FN2. The molecule has 1 aliphatic rings. The molecule has 0 radical (unpaired) electrons. The summed E-state index contributed by atoms with van der Waals surface area (Å²) in [6, 6.07) is 5.96. The van der Waals surface area contributed by atoms with Gasteiger partial charge < -0.3 is 10.6 Å². The third-order valence-corrected chi connectivity index (χ3v) is 3.90. The Morgan fingerprint density at radius 2 is 2.06 bits per heavy atom. The fourth-order valence-electron chi connectivity index (χ4n) is 3.05. The molecule has 0 amide bonds. The molecule has 18 heavy (non-hydrogen) atoms. The molecule has 0 atom stereocenters. The summed E-state index contributed by atoms with van der Waals surface area (Å²) < 4.78 is 13.9. The van der Waals surface area contributed by atoms with E-state index in [-0.39, 0.29) is 5.82 Å². The number of hydrogen-bond donors (Lipinski definition) is 1. The number of benzene rings is 1. The van der Waals surface area contributed by atoms with Gasteiger partial charge in [0.2, 0.25) is 0 Å². The molecule has 2 nitrogen and oxygen atoms in total. The van der Waals surface area contributed by atoms with Crippen LogP contribution in [0.5, 0.6) is 0 Å². The Kier molecular flexibility index (Phi) is 4.59. The Bertz CT molecular complexity index is 386. The summed E-state index contributed by atoms with van der Waals surface area (Å²) in [5.74, 6) is -0.116. The molecule has 0 aromatic heterocycles. The van der Waals surface area contributed by atoms with Gasteiger partial charge in [-0.1, -0.05) is 18.9 Å². The highest BCUT2D eigenvalue weighted by Crippen LogP contribution is 2.31. The van der Waals surface area contributed by atoms with Crippen molar-refractivity contribution in [3.63, 3.8) is 0 Å². The largest absolute Gasteiger partial charge is 0.369 e. The summed E-state index contributed by atoms with van der Waals surface area (Å²) >= 11 is 0. The molecule has 0 unspecified atom stereocenters. The molecule has 100 valence electrons. The zero-order chi connectivity index (χ0) is 13.0. The van der Waals surface area contributed by atoms with Crippen molar-refractivity contribution < 1.29 is 4.39 Å². The SMILES string of the molecule is CCN(c1cccc(F)c1CCN)C1CCCC1. The average Bonchev–Trinajstić information content (AvgIpc) is 2.88. The van der Waals surface area contributed by atoms with Crippen molar-refractivity contribution in [2.75, 3.05) is 18.0 Å². The van der Waals surface area contributed by atoms with Gasteiger partial charge in [0.25, 0.3) is 0 Å². The topological polar surface area (TPSA) is 29.3 Å². The van der Waals surface area contributed by atoms with Crippen LogP contribution in [0.1, 0.15) is 38.2 Å². The van der Waals surface area contributed by atoms with Gasteiger partial charge in [-0.05, 0) is 44.9 Å². The molecule has 1 aromatic carbocycles. The molecule has 1 fully saturated rings. The number of nitrogens with two attached hydrogens (primary N) is 1. The number of anilines is 1. The quantitative estimate of drug-likeness (QED) is 0.870. The van der Waals surface area contributed by atoms with E-state index < -0.39 is 0 Å². The fraction of sp³-hybridized carbons (Fsp3) is 0.600. The van der Waals surface area contributed by atoms with Crippen LogP contribution in [0.4, 0.5) is 10.1 Å². The van der Waals surface area contributed by atoms with Crippen LogP contribution in [-0.4, -0.2) is 19.1 Å². The maximum absolute atomic E-state index is 13.9. The van der Waals surface area contributed by atoms with Gasteiger partial charge in [0.1, 0.15) is 5.82 Å². The second-order valence-electron chi connectivity index (χ2n) is 5.00. The number of halogens is 1. The molecule has 0 heterocycles. The summed E-state index contributed by atoms with van der Waals surface area (Å²) in [6.45, 7) is 3.58. The normalized spacial score (nSPS) is 16.2. The molecule has 3 heteroatoms. The molecule has 1 aliphatic carbocycles. The van der Waals surface area contributed by atoms with E-state index in [0.29, 0.717) is 19.0 Å². The van der Waals surface area contributed by atoms with Gasteiger partial charge in [0.15, 0.2) is 0 Å². The van der Waals surface area contributed by atoms with Crippen LogP contribution in [0.25, 0.3) is 0 Å². The third kappa shape index (κ3) is 2.66. The fourth-order valence-corrected chi connectivity index (χ4v) is 3.05. The number of nitrogens with zero attached hydrogens (tertiary/aromatic N) is 1. The van der Waals surface area contributed by atoms with Crippen molar-refractivity contribution in [1.82, 2.24) is 0 Å². The highest BCUT2D eigenvalue weighted by atomic mass is 19.1. The van der Waals surface area contributed by atoms with Crippen molar-refractivity contribution >= 4 is 5.69 Å². The average molecular weight is 250 g/mol. The Balaban J connectivity index is 2.31. The number of hydrogen-bond acceptors (Lipinski definition) is 2. The molecule has 0 spiro atoms. The molecule has 0 bridgehead atoms. The van der Waals surface area contributed by atoms with Crippen molar-refractivity contribution in [1.29, 1.82) is 0 Å². The molecule has 0 saturated heterocycles. The highest BCUT2D eigenvalue weighted by molar-refractivity contribution is 5.55. The van der Waals surface area contributed by atoms with E-state index in [4.69, 9.17) is 5.73 Å². The van der Waals surface area contributed by atoms with Gasteiger partial charge in [0, 0.05) is 23.8 Å². The van der Waals surface area contributed by atoms with Gasteiger partial charge in [-0.15, -0.1) is 0 Å². The van der Waals surface area contributed by atoms with Crippen LogP contribution >= 0.6 is 0 Å². The predicted molar refractivity (Wildman–Crippen MR) is 74.4 cm³/mol. The summed E-state index contributed by atoms with van der Waals surface area (Å²) in [5.41, 5.74) is 7.44. The number of rotatable bonds is 5. The Morgan fingerprint density at radius 3 is 2.67 bits per heavy atom. The van der Waals surface area contributed by atoms with Crippen LogP contribution in [-0.2, 0) is 6.42 Å². The molecule has 2 N–H and O–H groups in total. The molecule has 1 aromatic rings. The first-order valence-electron chi connectivity index (χ1n) is 7.02. The minimum Gasteiger partial charge on any atom is -0.369 e. The van der Waals surface area contributed by atoms with Gasteiger partial charge in [0.05, 0.1) is 0 Å². The summed E-state index contributed by atoms with van der Waals surface area (Å²) in [6.07, 6.45) is 5.66. The van der Waals surface area contributed by atoms with Gasteiger partial charge in [-0.2, -0.15) is 0 Å². The first-order chi connectivity index (χ1) is 8.77. The van der Waals surface area contributed by atoms with E-state index in [1.54, 1.807) is 0 Å². The first-order valence-corrected chi connectivity index (χ1v) is 7.02. The van der Waals surface area contributed by atoms with E-state index >= 15 is 0 Å². The smallest absolute Gasteiger partial charge is 0.128 e. The lowest BCUT2D eigenvalue weighted by Crippen LogP contribution is -2.34. The van der Waals surface area contributed by atoms with Gasteiger partial charge >= 0.3 is 0 Å². The maximum atomic E-state index is 13.9. The summed E-state index contributed by atoms with van der Waals surface area (Å²) in [4.78, 5) is 2.36. The Labute approximate surface area is 109 Å². The lowest BCUT2D eigenvalue weighted by Gasteiger charge is -2.32. The van der Waals surface area contributed by atoms with Crippen molar-refractivity contribution in [2.24, 2.45) is 5.73 Å².